The number of benzene rings is 2. The summed E-state index contributed by atoms with van der Waals surface area (Å²) < 4.78 is 0. The van der Waals surface area contributed by atoms with Crippen molar-refractivity contribution in [3.63, 3.8) is 0 Å². The predicted molar refractivity (Wildman–Crippen MR) is 233 cm³/mol. The molecule has 20 nitrogen and oxygen atoms in total. The average molecular weight is 873 g/mol. The second-order valence-corrected chi connectivity index (χ2v) is 16.0. The van der Waals surface area contributed by atoms with Crippen LogP contribution in [0, 0.1) is 5.41 Å². The van der Waals surface area contributed by atoms with Crippen molar-refractivity contribution in [2.75, 3.05) is 26.7 Å². The number of primary amides is 1. The number of carbonyl (C=O) groups excluding carboxylic acids is 7. The van der Waals surface area contributed by atoms with E-state index in [-0.39, 0.29) is 82.9 Å². The van der Waals surface area contributed by atoms with Gasteiger partial charge in [-0.3, -0.25) is 39.0 Å². The SMILES string of the molecule is CN[C@H]1CCC(=O)NCCCC[C@@H](C(N)=O)NC(=O)[C@H](Cc2c[nH]c3ccccc23)NC(=O)[C@H](CCCNC(=N)N)NC(=O)[C@@H](Cc2ccccc2)NC(=O)[C@@H]2C[C@@H](O)CN2C1=O. The fraction of sp³-hybridized carbons (Fsp3) is 0.488. The fourth-order valence-electron chi connectivity index (χ4n) is 7.92. The summed E-state index contributed by atoms with van der Waals surface area (Å²) in [6, 6.07) is 9.27. The van der Waals surface area contributed by atoms with E-state index in [1.807, 2.05) is 24.3 Å². The van der Waals surface area contributed by atoms with Gasteiger partial charge in [0.05, 0.1) is 12.1 Å². The molecule has 0 saturated carbocycles. The van der Waals surface area contributed by atoms with E-state index in [0.717, 1.165) is 10.9 Å². The average Bonchev–Trinajstić information content (AvgIpc) is 3.86. The number of nitrogens with zero attached hydrogens (tertiary/aromatic N) is 1. The molecule has 3 aromatic rings. The number of aromatic amines is 1. The molecule has 0 aliphatic carbocycles. The molecule has 14 N–H and O–H groups in total. The van der Waals surface area contributed by atoms with Crippen LogP contribution in [-0.4, -0.2) is 131 Å². The first-order valence-corrected chi connectivity index (χ1v) is 21.3. The highest BCUT2D eigenvalue weighted by Gasteiger charge is 2.42. The maximum atomic E-state index is 14.4. The molecule has 2 aromatic carbocycles. The second kappa shape index (κ2) is 23.1. The Balaban J connectivity index is 1.49. The Labute approximate surface area is 365 Å². The molecule has 7 amide bonds. The maximum Gasteiger partial charge on any atom is 0.243 e. The lowest BCUT2D eigenvalue weighted by Gasteiger charge is -2.30. The molecule has 2 saturated heterocycles. The maximum absolute atomic E-state index is 14.4. The minimum Gasteiger partial charge on any atom is -0.391 e. The number of guanidine groups is 1. The molecule has 0 radical (unpaired) electrons. The molecule has 3 heterocycles. The van der Waals surface area contributed by atoms with E-state index in [1.54, 1.807) is 43.6 Å². The zero-order valence-corrected chi connectivity index (χ0v) is 35.4. The van der Waals surface area contributed by atoms with E-state index in [4.69, 9.17) is 16.9 Å². The number of rotatable bonds is 10. The van der Waals surface area contributed by atoms with Crippen LogP contribution < -0.4 is 48.7 Å². The van der Waals surface area contributed by atoms with Crippen molar-refractivity contribution >= 4 is 58.2 Å². The van der Waals surface area contributed by atoms with Gasteiger partial charge in [0.15, 0.2) is 5.96 Å². The minimum atomic E-state index is -1.28. The lowest BCUT2D eigenvalue weighted by atomic mass is 10.0. The molecule has 2 aliphatic rings. The van der Waals surface area contributed by atoms with Crippen LogP contribution in [0.15, 0.2) is 60.8 Å². The van der Waals surface area contributed by atoms with Gasteiger partial charge in [-0.15, -0.1) is 0 Å². The second-order valence-electron chi connectivity index (χ2n) is 16.0. The number of aliphatic hydroxyl groups is 1. The lowest BCUT2D eigenvalue weighted by Crippen LogP contribution is -2.60. The highest BCUT2D eigenvalue weighted by Crippen LogP contribution is 2.22. The number of nitrogens with two attached hydrogens (primary N) is 2. The quantitative estimate of drug-likeness (QED) is 0.0617. The summed E-state index contributed by atoms with van der Waals surface area (Å²) >= 11 is 0. The van der Waals surface area contributed by atoms with Crippen molar-refractivity contribution < 1.29 is 38.7 Å². The van der Waals surface area contributed by atoms with Crippen LogP contribution in [0.25, 0.3) is 10.9 Å². The van der Waals surface area contributed by atoms with Crippen molar-refractivity contribution in [2.45, 2.75) is 107 Å². The smallest absolute Gasteiger partial charge is 0.243 e. The lowest BCUT2D eigenvalue weighted by molar-refractivity contribution is -0.141. The van der Waals surface area contributed by atoms with E-state index < -0.39 is 77.8 Å². The molecule has 0 spiro atoms. The van der Waals surface area contributed by atoms with E-state index in [9.17, 15) is 38.7 Å². The Morgan fingerprint density at radius 2 is 1.51 bits per heavy atom. The van der Waals surface area contributed by atoms with Gasteiger partial charge in [-0.05, 0) is 62.8 Å². The highest BCUT2D eigenvalue weighted by atomic mass is 16.3. The Morgan fingerprint density at radius 3 is 2.24 bits per heavy atom. The molecule has 0 unspecified atom stereocenters. The monoisotopic (exact) mass is 872 g/mol. The summed E-state index contributed by atoms with van der Waals surface area (Å²) in [6.07, 6.45) is 1.81. The molecule has 340 valence electrons. The van der Waals surface area contributed by atoms with Gasteiger partial charge >= 0.3 is 0 Å². The van der Waals surface area contributed by atoms with Gasteiger partial charge in [-0.25, -0.2) is 0 Å². The van der Waals surface area contributed by atoms with Crippen LogP contribution in [0.2, 0.25) is 0 Å². The van der Waals surface area contributed by atoms with Crippen molar-refractivity contribution in [3.05, 3.63) is 71.9 Å². The van der Waals surface area contributed by atoms with Gasteiger partial charge in [0.1, 0.15) is 30.2 Å². The summed E-state index contributed by atoms with van der Waals surface area (Å²) in [5.41, 5.74) is 13.4. The molecular formula is C43H60N12O8. The predicted octanol–water partition coefficient (Wildman–Crippen LogP) is -1.73. The van der Waals surface area contributed by atoms with Crippen molar-refractivity contribution in [1.29, 1.82) is 5.41 Å². The molecule has 0 bridgehead atoms. The van der Waals surface area contributed by atoms with Crippen molar-refractivity contribution in [3.8, 4) is 0 Å². The van der Waals surface area contributed by atoms with Crippen LogP contribution in [0.3, 0.4) is 0 Å². The third-order valence-corrected chi connectivity index (χ3v) is 11.3. The third-order valence-electron chi connectivity index (χ3n) is 11.3. The summed E-state index contributed by atoms with van der Waals surface area (Å²) in [7, 11) is 1.55. The Kier molecular flexibility index (Phi) is 17.4. The van der Waals surface area contributed by atoms with Gasteiger partial charge in [-0.1, -0.05) is 48.5 Å². The number of fused-ring (bicyclic) bond motifs is 2. The number of hydrogen-bond donors (Lipinski definition) is 12. The Bertz CT molecular complexity index is 2100. The highest BCUT2D eigenvalue weighted by molar-refractivity contribution is 5.97. The van der Waals surface area contributed by atoms with Gasteiger partial charge < -0.3 is 63.7 Å². The van der Waals surface area contributed by atoms with E-state index in [0.29, 0.717) is 24.0 Å². The van der Waals surface area contributed by atoms with Crippen LogP contribution in [0.4, 0.5) is 0 Å². The van der Waals surface area contributed by atoms with E-state index >= 15 is 0 Å². The summed E-state index contributed by atoms with van der Waals surface area (Å²) in [4.78, 5) is 101. The third kappa shape index (κ3) is 13.7. The van der Waals surface area contributed by atoms with Crippen molar-refractivity contribution in [1.82, 2.24) is 47.1 Å². The number of aromatic nitrogens is 1. The van der Waals surface area contributed by atoms with Gasteiger partial charge in [-0.2, -0.15) is 0 Å². The Hall–Kier alpha value is -6.54. The molecule has 63 heavy (non-hydrogen) atoms. The number of likely N-dealkylation sites (N-methyl/N-ethyl adjacent to an activating group) is 1. The normalized spacial score (nSPS) is 25.1. The first kappa shape index (κ1) is 47.5. The molecule has 20 heteroatoms. The van der Waals surface area contributed by atoms with Crippen molar-refractivity contribution in [2.24, 2.45) is 11.5 Å². The molecule has 5 rings (SSSR count). The van der Waals surface area contributed by atoms with Gasteiger partial charge in [0.25, 0.3) is 0 Å². The molecule has 1 aromatic heterocycles. The number of aliphatic hydroxyl groups excluding tert-OH is 1. The first-order chi connectivity index (χ1) is 30.2. The topological polar surface area (TPSA) is 319 Å². The molecular weight excluding hydrogens is 813 g/mol. The molecule has 7 atom stereocenters. The summed E-state index contributed by atoms with van der Waals surface area (Å²) in [5, 5.41) is 38.5. The first-order valence-electron chi connectivity index (χ1n) is 21.3. The van der Waals surface area contributed by atoms with Crippen LogP contribution >= 0.6 is 0 Å². The number of hydrogen-bond acceptors (Lipinski definition) is 10. The van der Waals surface area contributed by atoms with Crippen LogP contribution in [0.5, 0.6) is 0 Å². The zero-order valence-electron chi connectivity index (χ0n) is 35.4. The summed E-state index contributed by atoms with van der Waals surface area (Å²) in [5.74, 6) is -4.81. The van der Waals surface area contributed by atoms with Crippen LogP contribution in [-0.2, 0) is 46.4 Å². The standard InChI is InChI=1S/C43H60N12O8/c1-47-32-16-17-36(57)48-18-8-7-14-30(37(44)58)51-40(61)34(21-26-23-50-29-13-6-5-12-28(26)29)53-38(59)31(15-9-19-49-43(45)46)52-39(60)33(20-25-10-3-2-4-11-25)54-41(62)35-22-27(56)24-55(35)42(32)63/h2-6,10-13,23,27,30-35,47,50,56H,7-9,14-22,24H2,1H3,(H2,44,58)(H,48,57)(H,51,61)(H,52,60)(H,53,59)(H,54,62)(H4,45,46,49)/t27-,30+,31+,32+,33-,34+,35+/m1/s1. The zero-order chi connectivity index (χ0) is 45.5. The van der Waals surface area contributed by atoms with E-state index in [1.165, 1.54) is 4.90 Å². The summed E-state index contributed by atoms with van der Waals surface area (Å²) in [6.45, 7) is 0.270. The number of carbonyl (C=O) groups is 7. The number of nitrogens with one attached hydrogen (secondary N) is 9. The number of amides is 7. The van der Waals surface area contributed by atoms with Gasteiger partial charge in [0, 0.05) is 62.4 Å². The number of H-pyrrole nitrogens is 1. The minimum absolute atomic E-state index is 0.00817. The molecule has 2 fully saturated rings. The van der Waals surface area contributed by atoms with Crippen LogP contribution in [0.1, 0.15) is 62.5 Å². The number of para-hydroxylation sites is 1. The largest absolute Gasteiger partial charge is 0.391 e. The molecule has 2 aliphatic heterocycles. The fourth-order valence-corrected chi connectivity index (χ4v) is 7.92. The Morgan fingerprint density at radius 1 is 0.841 bits per heavy atom. The van der Waals surface area contributed by atoms with E-state index in [2.05, 4.69) is 42.2 Å². The van der Waals surface area contributed by atoms with Gasteiger partial charge in [0.2, 0.25) is 41.4 Å².